The molecule has 140 valence electrons. The SMILES string of the molecule is CC(c1ccncc1)N(C)C(=O)COc1ccc2oc3c(c2c1)CCCC3. The molecule has 1 aliphatic rings. The molecule has 1 amide bonds. The number of amides is 1. The number of pyridine rings is 1. The van der Waals surface area contributed by atoms with E-state index in [1.807, 2.05) is 37.3 Å². The van der Waals surface area contributed by atoms with Crippen LogP contribution < -0.4 is 4.74 Å². The number of benzene rings is 1. The molecule has 1 aromatic carbocycles. The van der Waals surface area contributed by atoms with E-state index in [1.165, 1.54) is 18.4 Å². The molecule has 1 unspecified atom stereocenters. The molecular formula is C22H24N2O3. The number of carbonyl (C=O) groups is 1. The fourth-order valence-corrected chi connectivity index (χ4v) is 3.66. The van der Waals surface area contributed by atoms with Gasteiger partial charge in [0.2, 0.25) is 0 Å². The first-order chi connectivity index (χ1) is 13.1. The number of hydrogen-bond donors (Lipinski definition) is 0. The average Bonchev–Trinajstić information content (AvgIpc) is 3.09. The second-order valence-electron chi connectivity index (χ2n) is 7.12. The van der Waals surface area contributed by atoms with Crippen molar-refractivity contribution in [1.29, 1.82) is 0 Å². The fraction of sp³-hybridized carbons (Fsp3) is 0.364. The highest BCUT2D eigenvalue weighted by Crippen LogP contribution is 2.34. The largest absolute Gasteiger partial charge is 0.484 e. The average molecular weight is 364 g/mol. The van der Waals surface area contributed by atoms with E-state index in [0.29, 0.717) is 5.75 Å². The molecule has 2 heterocycles. The molecule has 0 aliphatic heterocycles. The highest BCUT2D eigenvalue weighted by Gasteiger charge is 2.20. The molecule has 4 rings (SSSR count). The summed E-state index contributed by atoms with van der Waals surface area (Å²) in [7, 11) is 1.80. The predicted octanol–water partition coefficient (Wildman–Crippen LogP) is 4.31. The molecule has 3 aromatic rings. The highest BCUT2D eigenvalue weighted by atomic mass is 16.5. The Hall–Kier alpha value is -2.82. The highest BCUT2D eigenvalue weighted by molar-refractivity contribution is 5.84. The van der Waals surface area contributed by atoms with E-state index in [0.717, 1.165) is 35.1 Å². The van der Waals surface area contributed by atoms with E-state index < -0.39 is 0 Å². The molecule has 0 spiro atoms. The van der Waals surface area contributed by atoms with Crippen LogP contribution >= 0.6 is 0 Å². The van der Waals surface area contributed by atoms with Crippen molar-refractivity contribution in [1.82, 2.24) is 9.88 Å². The van der Waals surface area contributed by atoms with Crippen molar-refractivity contribution >= 4 is 16.9 Å². The van der Waals surface area contributed by atoms with Crippen molar-refractivity contribution in [3.8, 4) is 5.75 Å². The zero-order chi connectivity index (χ0) is 18.8. The van der Waals surface area contributed by atoms with Crippen molar-refractivity contribution in [2.75, 3.05) is 13.7 Å². The van der Waals surface area contributed by atoms with Crippen molar-refractivity contribution < 1.29 is 13.9 Å². The number of aromatic nitrogens is 1. The van der Waals surface area contributed by atoms with Crippen LogP contribution in [-0.4, -0.2) is 29.4 Å². The summed E-state index contributed by atoms with van der Waals surface area (Å²) in [4.78, 5) is 18.3. The van der Waals surface area contributed by atoms with Crippen molar-refractivity contribution in [2.45, 2.75) is 38.6 Å². The van der Waals surface area contributed by atoms with Gasteiger partial charge in [-0.15, -0.1) is 0 Å². The lowest BCUT2D eigenvalue weighted by molar-refractivity contribution is -0.134. The van der Waals surface area contributed by atoms with E-state index in [-0.39, 0.29) is 18.6 Å². The summed E-state index contributed by atoms with van der Waals surface area (Å²) in [6, 6.07) is 9.62. The molecule has 0 radical (unpaired) electrons. The predicted molar refractivity (Wildman–Crippen MR) is 104 cm³/mol. The van der Waals surface area contributed by atoms with Crippen LogP contribution in [0.25, 0.3) is 11.0 Å². The molecule has 0 saturated carbocycles. The lowest BCUT2D eigenvalue weighted by Gasteiger charge is -2.25. The summed E-state index contributed by atoms with van der Waals surface area (Å²) in [5, 5.41) is 1.12. The Morgan fingerprint density at radius 2 is 2.00 bits per heavy atom. The smallest absolute Gasteiger partial charge is 0.260 e. The van der Waals surface area contributed by atoms with Gasteiger partial charge >= 0.3 is 0 Å². The Labute approximate surface area is 158 Å². The Balaban J connectivity index is 1.44. The summed E-state index contributed by atoms with van der Waals surface area (Å²) in [6.07, 6.45) is 7.92. The third kappa shape index (κ3) is 3.54. The standard InChI is InChI=1S/C22H24N2O3/c1-15(16-9-11-23-12-10-16)24(2)22(25)14-26-17-7-8-21-19(13-17)18-5-3-4-6-20(18)27-21/h7-13,15H,3-6,14H2,1-2H3. The van der Waals surface area contributed by atoms with Gasteiger partial charge in [-0.1, -0.05) is 0 Å². The second kappa shape index (κ2) is 7.43. The number of furan rings is 1. The molecule has 5 nitrogen and oxygen atoms in total. The molecule has 2 aromatic heterocycles. The molecule has 0 fully saturated rings. The Kier molecular flexibility index (Phi) is 4.84. The van der Waals surface area contributed by atoms with Crippen LogP contribution in [0.4, 0.5) is 0 Å². The van der Waals surface area contributed by atoms with Gasteiger partial charge in [0.05, 0.1) is 6.04 Å². The molecule has 0 saturated heterocycles. The maximum atomic E-state index is 12.5. The zero-order valence-corrected chi connectivity index (χ0v) is 15.8. The monoisotopic (exact) mass is 364 g/mol. The van der Waals surface area contributed by atoms with Gasteiger partial charge in [-0.25, -0.2) is 0 Å². The van der Waals surface area contributed by atoms with Crippen LogP contribution in [0.3, 0.4) is 0 Å². The van der Waals surface area contributed by atoms with Gasteiger partial charge in [-0.05, 0) is 62.1 Å². The summed E-state index contributed by atoms with van der Waals surface area (Å²) in [6.45, 7) is 2.01. The number of fused-ring (bicyclic) bond motifs is 3. The Bertz CT molecular complexity index is 949. The van der Waals surface area contributed by atoms with Gasteiger partial charge in [0.15, 0.2) is 6.61 Å². The van der Waals surface area contributed by atoms with Crippen molar-refractivity contribution in [3.63, 3.8) is 0 Å². The van der Waals surface area contributed by atoms with Crippen LogP contribution in [0.1, 0.15) is 42.7 Å². The number of carbonyl (C=O) groups excluding carboxylic acids is 1. The summed E-state index contributed by atoms with van der Waals surface area (Å²) in [5.74, 6) is 1.75. The first-order valence-corrected chi connectivity index (χ1v) is 9.46. The van der Waals surface area contributed by atoms with Gasteiger partial charge < -0.3 is 14.1 Å². The molecule has 0 N–H and O–H groups in total. The molecule has 27 heavy (non-hydrogen) atoms. The number of hydrogen-bond acceptors (Lipinski definition) is 4. The number of aryl methyl sites for hydroxylation is 2. The minimum atomic E-state index is -0.0615. The summed E-state index contributed by atoms with van der Waals surface area (Å²) < 4.78 is 11.8. The van der Waals surface area contributed by atoms with Crippen molar-refractivity contribution in [3.05, 3.63) is 59.6 Å². The van der Waals surface area contributed by atoms with Crippen LogP contribution in [0.2, 0.25) is 0 Å². The molecule has 1 atom stereocenters. The zero-order valence-electron chi connectivity index (χ0n) is 15.8. The van der Waals surface area contributed by atoms with Crippen LogP contribution in [0.5, 0.6) is 5.75 Å². The van der Waals surface area contributed by atoms with E-state index in [1.54, 1.807) is 24.3 Å². The second-order valence-corrected chi connectivity index (χ2v) is 7.12. The maximum absolute atomic E-state index is 12.5. The number of ether oxygens (including phenoxy) is 1. The Morgan fingerprint density at radius 3 is 2.81 bits per heavy atom. The molecule has 1 aliphatic carbocycles. The lowest BCUT2D eigenvalue weighted by Crippen LogP contribution is -2.33. The van der Waals surface area contributed by atoms with Crippen LogP contribution in [0, 0.1) is 0 Å². The van der Waals surface area contributed by atoms with E-state index >= 15 is 0 Å². The fourth-order valence-electron chi connectivity index (χ4n) is 3.66. The van der Waals surface area contributed by atoms with Gasteiger partial charge in [-0.2, -0.15) is 0 Å². The molecule has 0 bridgehead atoms. The molecule has 5 heteroatoms. The quantitative estimate of drug-likeness (QED) is 0.677. The minimum absolute atomic E-state index is 0.0114. The van der Waals surface area contributed by atoms with Crippen LogP contribution in [0.15, 0.2) is 47.1 Å². The van der Waals surface area contributed by atoms with E-state index in [9.17, 15) is 4.79 Å². The van der Waals surface area contributed by atoms with Gasteiger partial charge in [0, 0.05) is 36.8 Å². The third-order valence-electron chi connectivity index (χ3n) is 5.45. The summed E-state index contributed by atoms with van der Waals surface area (Å²) in [5.41, 5.74) is 3.26. The van der Waals surface area contributed by atoms with Crippen LogP contribution in [-0.2, 0) is 17.6 Å². The number of likely N-dealkylation sites (N-methyl/N-ethyl adjacent to an activating group) is 1. The van der Waals surface area contributed by atoms with E-state index in [4.69, 9.17) is 9.15 Å². The maximum Gasteiger partial charge on any atom is 0.260 e. The number of rotatable bonds is 5. The van der Waals surface area contributed by atoms with E-state index in [2.05, 4.69) is 4.98 Å². The first-order valence-electron chi connectivity index (χ1n) is 9.46. The topological polar surface area (TPSA) is 55.6 Å². The van der Waals surface area contributed by atoms with Crippen molar-refractivity contribution in [2.24, 2.45) is 0 Å². The number of nitrogens with zero attached hydrogens (tertiary/aromatic N) is 2. The first kappa shape index (κ1) is 17.6. The summed E-state index contributed by atoms with van der Waals surface area (Å²) >= 11 is 0. The van der Waals surface area contributed by atoms with Gasteiger partial charge in [0.1, 0.15) is 17.1 Å². The van der Waals surface area contributed by atoms with Gasteiger partial charge in [-0.3, -0.25) is 9.78 Å². The minimum Gasteiger partial charge on any atom is -0.484 e. The third-order valence-corrected chi connectivity index (χ3v) is 5.45. The Morgan fingerprint density at radius 1 is 1.22 bits per heavy atom. The molecular weight excluding hydrogens is 340 g/mol. The van der Waals surface area contributed by atoms with Gasteiger partial charge in [0.25, 0.3) is 5.91 Å². The normalized spacial score (nSPS) is 14.6. The lowest BCUT2D eigenvalue weighted by atomic mass is 9.96.